The highest BCUT2D eigenvalue weighted by Crippen LogP contribution is 2.15. The van der Waals surface area contributed by atoms with Gasteiger partial charge in [-0.3, -0.25) is 9.79 Å². The first-order chi connectivity index (χ1) is 6.50. The number of nitrogens with zero attached hydrogens (tertiary/aromatic N) is 1. The van der Waals surface area contributed by atoms with Gasteiger partial charge in [0.25, 0.3) is 0 Å². The summed E-state index contributed by atoms with van der Waals surface area (Å²) in [4.78, 5) is 15.8. The molecule has 0 saturated carbocycles. The Kier molecular flexibility index (Phi) is 3.98. The normalized spacial score (nSPS) is 21.7. The average molecular weight is 214 g/mol. The third-order valence-electron chi connectivity index (χ3n) is 2.02. The van der Waals surface area contributed by atoms with Gasteiger partial charge in [-0.15, -0.1) is 0 Å². The van der Waals surface area contributed by atoms with Crippen molar-refractivity contribution < 1.29 is 4.79 Å². The maximum absolute atomic E-state index is 11.4. The van der Waals surface area contributed by atoms with Crippen molar-refractivity contribution >= 4 is 23.5 Å². The average Bonchev–Trinajstić information content (AvgIpc) is 2.43. The molecule has 1 N–H and O–H groups in total. The fourth-order valence-electron chi connectivity index (χ4n) is 1.25. The minimum atomic E-state index is -0.169. The first-order valence-corrected chi connectivity index (χ1v) is 6.04. The molecule has 0 fully saturated rings. The molecule has 0 aromatic rings. The summed E-state index contributed by atoms with van der Waals surface area (Å²) < 4.78 is 0. The Morgan fingerprint density at radius 2 is 2.07 bits per heavy atom. The number of hydrogen-bond donors (Lipinski definition) is 1. The predicted molar refractivity (Wildman–Crippen MR) is 61.8 cm³/mol. The highest BCUT2D eigenvalue weighted by atomic mass is 32.2. The molecule has 0 bridgehead atoms. The van der Waals surface area contributed by atoms with Crippen LogP contribution in [-0.4, -0.2) is 28.8 Å². The predicted octanol–water partition coefficient (Wildman–Crippen LogP) is 1.68. The first kappa shape index (κ1) is 11.6. The van der Waals surface area contributed by atoms with E-state index in [1.54, 1.807) is 11.8 Å². The summed E-state index contributed by atoms with van der Waals surface area (Å²) in [5, 5.41) is 3.41. The van der Waals surface area contributed by atoms with Gasteiger partial charge >= 0.3 is 0 Å². The van der Waals surface area contributed by atoms with E-state index in [0.717, 1.165) is 11.6 Å². The molecule has 0 radical (unpaired) electrons. The highest BCUT2D eigenvalue weighted by Gasteiger charge is 2.28. The van der Waals surface area contributed by atoms with Crippen molar-refractivity contribution in [2.24, 2.45) is 10.9 Å². The molecule has 4 heteroatoms. The van der Waals surface area contributed by atoms with Crippen LogP contribution in [0.4, 0.5) is 0 Å². The third-order valence-corrected chi connectivity index (χ3v) is 3.12. The zero-order chi connectivity index (χ0) is 10.7. The molecule has 1 aliphatic rings. The molecule has 0 saturated heterocycles. The second kappa shape index (κ2) is 4.82. The fraction of sp³-hybridized carbons (Fsp3) is 0.800. The van der Waals surface area contributed by atoms with E-state index in [1.165, 1.54) is 0 Å². The molecular weight excluding hydrogens is 196 g/mol. The van der Waals surface area contributed by atoms with Gasteiger partial charge in [0.2, 0.25) is 5.91 Å². The summed E-state index contributed by atoms with van der Waals surface area (Å²) in [7, 11) is 0. The van der Waals surface area contributed by atoms with E-state index in [-0.39, 0.29) is 17.9 Å². The van der Waals surface area contributed by atoms with Crippen molar-refractivity contribution in [3.63, 3.8) is 0 Å². The smallest absolute Gasteiger partial charge is 0.250 e. The molecule has 0 aromatic carbocycles. The second-order valence-corrected chi connectivity index (χ2v) is 5.68. The van der Waals surface area contributed by atoms with Gasteiger partial charge in [0, 0.05) is 0 Å². The zero-order valence-corrected chi connectivity index (χ0v) is 10.0. The van der Waals surface area contributed by atoms with Gasteiger partial charge in [-0.1, -0.05) is 27.7 Å². The molecule has 1 amide bonds. The Bertz CT molecular complexity index is 249. The van der Waals surface area contributed by atoms with Crippen LogP contribution in [0.5, 0.6) is 0 Å². The summed E-state index contributed by atoms with van der Waals surface area (Å²) in [6, 6.07) is -0.169. The van der Waals surface area contributed by atoms with Crippen LogP contribution in [0.2, 0.25) is 0 Å². The van der Waals surface area contributed by atoms with Crippen molar-refractivity contribution in [3.8, 4) is 0 Å². The van der Waals surface area contributed by atoms with Crippen LogP contribution in [0.15, 0.2) is 4.99 Å². The highest BCUT2D eigenvalue weighted by molar-refractivity contribution is 8.00. The molecule has 1 aliphatic heterocycles. The van der Waals surface area contributed by atoms with E-state index in [0.29, 0.717) is 5.25 Å². The maximum atomic E-state index is 11.4. The molecule has 0 spiro atoms. The van der Waals surface area contributed by atoms with E-state index in [1.807, 2.05) is 13.8 Å². The van der Waals surface area contributed by atoms with E-state index in [2.05, 4.69) is 24.2 Å². The van der Waals surface area contributed by atoms with Crippen LogP contribution < -0.4 is 5.32 Å². The van der Waals surface area contributed by atoms with Crippen LogP contribution in [0.3, 0.4) is 0 Å². The molecule has 1 heterocycles. The van der Waals surface area contributed by atoms with Gasteiger partial charge in [0.15, 0.2) is 0 Å². The van der Waals surface area contributed by atoms with Crippen LogP contribution in [0, 0.1) is 5.92 Å². The van der Waals surface area contributed by atoms with E-state index >= 15 is 0 Å². The number of nitrogens with one attached hydrogen (secondary N) is 1. The van der Waals surface area contributed by atoms with Crippen molar-refractivity contribution in [1.29, 1.82) is 0 Å². The lowest BCUT2D eigenvalue weighted by molar-refractivity contribution is -0.120. The number of thioether (sulfide) groups is 1. The minimum Gasteiger partial charge on any atom is -0.312 e. The van der Waals surface area contributed by atoms with Gasteiger partial charge in [-0.25, -0.2) is 0 Å². The first-order valence-electron chi connectivity index (χ1n) is 5.00. The van der Waals surface area contributed by atoms with Gasteiger partial charge in [0.1, 0.15) is 11.9 Å². The van der Waals surface area contributed by atoms with Crippen molar-refractivity contribution in [3.05, 3.63) is 0 Å². The summed E-state index contributed by atoms with van der Waals surface area (Å²) in [6.07, 6.45) is 0. The van der Waals surface area contributed by atoms with E-state index < -0.39 is 0 Å². The van der Waals surface area contributed by atoms with E-state index in [9.17, 15) is 4.79 Å². The largest absolute Gasteiger partial charge is 0.312 e. The summed E-state index contributed by atoms with van der Waals surface area (Å²) >= 11 is 1.80. The van der Waals surface area contributed by atoms with Crippen molar-refractivity contribution in [2.75, 3.05) is 5.75 Å². The Morgan fingerprint density at radius 3 is 2.50 bits per heavy atom. The quantitative estimate of drug-likeness (QED) is 0.773. The molecule has 80 valence electrons. The van der Waals surface area contributed by atoms with Crippen molar-refractivity contribution in [1.82, 2.24) is 5.32 Å². The van der Waals surface area contributed by atoms with E-state index in [4.69, 9.17) is 0 Å². The number of hydrogen-bond acceptors (Lipinski definition) is 3. The zero-order valence-electron chi connectivity index (χ0n) is 9.20. The van der Waals surface area contributed by atoms with Crippen LogP contribution in [0.25, 0.3) is 0 Å². The Labute approximate surface area is 89.7 Å². The Balaban J connectivity index is 2.49. The summed E-state index contributed by atoms with van der Waals surface area (Å²) in [5.41, 5.74) is 0. The SMILES string of the molecule is CC(C)SCC1=NC(C(C)C)C(=O)N1. The lowest BCUT2D eigenvalue weighted by atomic mass is 10.1. The number of amidine groups is 1. The number of rotatable bonds is 4. The van der Waals surface area contributed by atoms with Crippen LogP contribution >= 0.6 is 11.8 Å². The van der Waals surface area contributed by atoms with Gasteiger partial charge < -0.3 is 5.32 Å². The topological polar surface area (TPSA) is 41.5 Å². The summed E-state index contributed by atoms with van der Waals surface area (Å²) in [5.74, 6) is 2.00. The monoisotopic (exact) mass is 214 g/mol. The number of aliphatic imine (C=N–C) groups is 1. The van der Waals surface area contributed by atoms with Crippen LogP contribution in [-0.2, 0) is 4.79 Å². The molecule has 1 atom stereocenters. The Morgan fingerprint density at radius 1 is 1.43 bits per heavy atom. The molecular formula is C10H18N2OS. The summed E-state index contributed by atoms with van der Waals surface area (Å²) in [6.45, 7) is 8.32. The Hall–Kier alpha value is -0.510. The molecule has 3 nitrogen and oxygen atoms in total. The van der Waals surface area contributed by atoms with Crippen molar-refractivity contribution in [2.45, 2.75) is 39.0 Å². The maximum Gasteiger partial charge on any atom is 0.250 e. The number of amides is 1. The van der Waals surface area contributed by atoms with Gasteiger partial charge in [-0.05, 0) is 11.2 Å². The number of carbonyl (C=O) groups is 1. The fourth-order valence-corrected chi connectivity index (χ4v) is 1.88. The van der Waals surface area contributed by atoms with Crippen LogP contribution in [0.1, 0.15) is 27.7 Å². The van der Waals surface area contributed by atoms with Gasteiger partial charge in [0.05, 0.1) is 5.75 Å². The third kappa shape index (κ3) is 3.01. The molecule has 1 unspecified atom stereocenters. The molecule has 1 rings (SSSR count). The molecule has 0 aliphatic carbocycles. The molecule has 0 aromatic heterocycles. The lowest BCUT2D eigenvalue weighted by Gasteiger charge is -2.06. The molecule has 14 heavy (non-hydrogen) atoms. The minimum absolute atomic E-state index is 0.0550. The second-order valence-electron chi connectivity index (χ2n) is 4.11. The lowest BCUT2D eigenvalue weighted by Crippen LogP contribution is -2.32. The van der Waals surface area contributed by atoms with Gasteiger partial charge in [-0.2, -0.15) is 11.8 Å². The number of carbonyl (C=O) groups excluding carboxylic acids is 1. The standard InChI is InChI=1S/C10H18N2OS/c1-6(2)9-10(13)12-8(11-9)5-14-7(3)4/h6-7,9H,5H2,1-4H3,(H,11,12,13).